The first-order valence-electron chi connectivity index (χ1n) is 11.2. The van der Waals surface area contributed by atoms with Crippen LogP contribution in [0.15, 0.2) is 42.9 Å². The van der Waals surface area contributed by atoms with Gasteiger partial charge in [-0.1, -0.05) is 0 Å². The molecule has 35 heavy (non-hydrogen) atoms. The molecule has 2 bridgehead atoms. The van der Waals surface area contributed by atoms with E-state index in [-0.39, 0.29) is 17.5 Å². The first-order chi connectivity index (χ1) is 16.7. The quantitative estimate of drug-likeness (QED) is 0.505. The summed E-state index contributed by atoms with van der Waals surface area (Å²) in [7, 11) is 0. The van der Waals surface area contributed by atoms with E-state index in [1.165, 1.54) is 0 Å². The van der Waals surface area contributed by atoms with Gasteiger partial charge in [0.15, 0.2) is 11.6 Å². The Morgan fingerprint density at radius 3 is 2.60 bits per heavy atom. The van der Waals surface area contributed by atoms with E-state index in [9.17, 15) is 22.4 Å². The van der Waals surface area contributed by atoms with Crippen molar-refractivity contribution in [1.82, 2.24) is 24.8 Å². The minimum atomic E-state index is -4.71. The summed E-state index contributed by atoms with van der Waals surface area (Å²) in [6.07, 6.45) is 0.424. The zero-order valence-corrected chi connectivity index (χ0v) is 18.7. The molecule has 0 aromatic carbocycles. The third-order valence-corrected chi connectivity index (χ3v) is 6.42. The Morgan fingerprint density at radius 2 is 1.91 bits per heavy atom. The van der Waals surface area contributed by atoms with E-state index in [2.05, 4.69) is 19.9 Å². The van der Waals surface area contributed by atoms with Crippen LogP contribution in [0.1, 0.15) is 41.0 Å². The number of ether oxygens (including phenoxy) is 1. The van der Waals surface area contributed by atoms with Crippen LogP contribution in [0.2, 0.25) is 0 Å². The standard InChI is InChI=1S/C24H21F4N5O2/c1-13-3-5-16(21-29-7-2-8-30-21)20(32-13)23(34)33-12-14-4-6-18(33)19(9-14)35-22-17(25)10-15(11-31-22)24(26,27)28/h2-3,5,7-8,10-11,14,18-19H,4,6,9,12H2,1H3/t14-,18+,19-/m1/s1. The first-order valence-corrected chi connectivity index (χ1v) is 11.2. The van der Waals surface area contributed by atoms with E-state index in [1.807, 2.05) is 0 Å². The monoisotopic (exact) mass is 487 g/mol. The summed E-state index contributed by atoms with van der Waals surface area (Å²) in [5.74, 6) is -1.54. The molecule has 3 aromatic rings. The van der Waals surface area contributed by atoms with E-state index in [0.717, 1.165) is 6.42 Å². The number of carbonyl (C=O) groups excluding carboxylic acids is 1. The molecule has 0 N–H and O–H groups in total. The predicted octanol–water partition coefficient (Wildman–Crippen LogP) is 4.47. The van der Waals surface area contributed by atoms with Crippen molar-refractivity contribution in [2.75, 3.05) is 6.54 Å². The van der Waals surface area contributed by atoms with Gasteiger partial charge in [0.2, 0.25) is 0 Å². The van der Waals surface area contributed by atoms with Gasteiger partial charge in [0.05, 0.1) is 17.2 Å². The summed E-state index contributed by atoms with van der Waals surface area (Å²) >= 11 is 0. The minimum absolute atomic E-state index is 0.104. The molecule has 0 radical (unpaired) electrons. The molecule has 3 atom stereocenters. The van der Waals surface area contributed by atoms with Gasteiger partial charge in [-0.05, 0) is 56.4 Å². The minimum Gasteiger partial charge on any atom is -0.470 e. The zero-order valence-electron chi connectivity index (χ0n) is 18.7. The van der Waals surface area contributed by atoms with E-state index in [4.69, 9.17) is 4.74 Å². The molecule has 11 heteroatoms. The van der Waals surface area contributed by atoms with Crippen LogP contribution in [0.5, 0.6) is 5.88 Å². The number of hydrogen-bond acceptors (Lipinski definition) is 6. The highest BCUT2D eigenvalue weighted by Gasteiger charge is 2.45. The fourth-order valence-corrected chi connectivity index (χ4v) is 4.78. The average molecular weight is 487 g/mol. The van der Waals surface area contributed by atoms with Crippen LogP contribution in [0.25, 0.3) is 11.4 Å². The largest absolute Gasteiger partial charge is 0.470 e. The van der Waals surface area contributed by atoms with Crippen molar-refractivity contribution in [2.45, 2.75) is 44.5 Å². The summed E-state index contributed by atoms with van der Waals surface area (Å²) in [6, 6.07) is 5.17. The number of nitrogens with zero attached hydrogens (tertiary/aromatic N) is 5. The Labute approximate surface area is 198 Å². The molecule has 1 amide bonds. The van der Waals surface area contributed by atoms with Crippen LogP contribution in [0, 0.1) is 18.7 Å². The molecule has 2 aliphatic heterocycles. The second-order valence-electron chi connectivity index (χ2n) is 8.79. The molecule has 1 aliphatic carbocycles. The van der Waals surface area contributed by atoms with Crippen molar-refractivity contribution in [2.24, 2.45) is 5.92 Å². The summed E-state index contributed by atoms with van der Waals surface area (Å²) in [4.78, 5) is 31.9. The number of amides is 1. The van der Waals surface area contributed by atoms with Crippen LogP contribution in [-0.4, -0.2) is 49.4 Å². The number of alkyl halides is 3. The molecule has 0 spiro atoms. The molecular weight excluding hydrogens is 466 g/mol. The molecule has 3 fully saturated rings. The Balaban J connectivity index is 1.42. The van der Waals surface area contributed by atoms with Gasteiger partial charge in [-0.15, -0.1) is 0 Å². The van der Waals surface area contributed by atoms with Gasteiger partial charge in [-0.2, -0.15) is 13.2 Å². The summed E-state index contributed by atoms with van der Waals surface area (Å²) in [5.41, 5.74) is 0.168. The van der Waals surface area contributed by atoms with Gasteiger partial charge in [0.1, 0.15) is 11.8 Å². The van der Waals surface area contributed by atoms with Gasteiger partial charge < -0.3 is 9.64 Å². The smallest absolute Gasteiger partial charge is 0.417 e. The molecule has 1 saturated carbocycles. The van der Waals surface area contributed by atoms with Crippen LogP contribution in [0.3, 0.4) is 0 Å². The van der Waals surface area contributed by atoms with Gasteiger partial charge in [0.25, 0.3) is 11.8 Å². The number of pyridine rings is 2. The second-order valence-corrected chi connectivity index (χ2v) is 8.79. The molecule has 2 saturated heterocycles. The lowest BCUT2D eigenvalue weighted by Gasteiger charge is -2.49. The summed E-state index contributed by atoms with van der Waals surface area (Å²) < 4.78 is 58.7. The van der Waals surface area contributed by atoms with Gasteiger partial charge in [0, 0.05) is 30.8 Å². The van der Waals surface area contributed by atoms with Crippen molar-refractivity contribution >= 4 is 5.91 Å². The predicted molar refractivity (Wildman–Crippen MR) is 116 cm³/mol. The van der Waals surface area contributed by atoms with Crippen LogP contribution < -0.4 is 4.74 Å². The fraction of sp³-hybridized carbons (Fsp3) is 0.375. The second kappa shape index (κ2) is 8.86. The molecule has 5 heterocycles. The van der Waals surface area contributed by atoms with Crippen LogP contribution in [0.4, 0.5) is 17.6 Å². The number of piperidine rings is 2. The lowest BCUT2D eigenvalue weighted by Crippen LogP contribution is -2.59. The van der Waals surface area contributed by atoms with E-state index in [1.54, 1.807) is 42.4 Å². The maximum atomic E-state index is 14.4. The van der Waals surface area contributed by atoms with Crippen molar-refractivity contribution < 1.29 is 27.1 Å². The normalized spacial score (nSPS) is 21.7. The number of rotatable bonds is 4. The van der Waals surface area contributed by atoms with Gasteiger partial charge >= 0.3 is 6.18 Å². The number of halogens is 4. The maximum absolute atomic E-state index is 14.4. The van der Waals surface area contributed by atoms with Crippen molar-refractivity contribution in [3.8, 4) is 17.3 Å². The molecule has 0 unspecified atom stereocenters. The lowest BCUT2D eigenvalue weighted by molar-refractivity contribution is -0.138. The molecule has 3 aliphatic rings. The fourth-order valence-electron chi connectivity index (χ4n) is 4.78. The highest BCUT2D eigenvalue weighted by molar-refractivity contribution is 5.98. The lowest BCUT2D eigenvalue weighted by atomic mass is 9.77. The SMILES string of the molecule is Cc1ccc(-c2ncccn2)c(C(=O)N2C[C@@H]3CC[C@H]2[C@H](Oc2ncc(C(F)(F)F)cc2F)C3)n1. The highest BCUT2D eigenvalue weighted by atomic mass is 19.4. The summed E-state index contributed by atoms with van der Waals surface area (Å²) in [5, 5.41) is 0. The Kier molecular flexibility index (Phi) is 5.86. The number of hydrogen-bond donors (Lipinski definition) is 0. The van der Waals surface area contributed by atoms with Crippen molar-refractivity contribution in [3.63, 3.8) is 0 Å². The molecular formula is C24H21F4N5O2. The van der Waals surface area contributed by atoms with E-state index >= 15 is 0 Å². The van der Waals surface area contributed by atoms with Gasteiger partial charge in [-0.3, -0.25) is 4.79 Å². The van der Waals surface area contributed by atoms with Crippen LogP contribution in [-0.2, 0) is 6.18 Å². The third kappa shape index (κ3) is 4.54. The number of fused-ring (bicyclic) bond motifs is 3. The van der Waals surface area contributed by atoms with E-state index < -0.39 is 35.6 Å². The topological polar surface area (TPSA) is 81.1 Å². The third-order valence-electron chi connectivity index (χ3n) is 6.42. The Bertz CT molecular complexity index is 1250. The number of aromatic nitrogens is 4. The summed E-state index contributed by atoms with van der Waals surface area (Å²) in [6.45, 7) is 2.26. The molecule has 182 valence electrons. The molecule has 6 rings (SSSR count). The van der Waals surface area contributed by atoms with Crippen molar-refractivity contribution in [1.29, 1.82) is 0 Å². The Morgan fingerprint density at radius 1 is 1.14 bits per heavy atom. The Hall–Kier alpha value is -3.63. The highest BCUT2D eigenvalue weighted by Crippen LogP contribution is 2.39. The van der Waals surface area contributed by atoms with Crippen LogP contribution >= 0.6 is 0 Å². The molecule has 3 aromatic heterocycles. The number of aryl methyl sites for hydroxylation is 1. The molecule has 7 nitrogen and oxygen atoms in total. The van der Waals surface area contributed by atoms with E-state index in [0.29, 0.717) is 48.7 Å². The maximum Gasteiger partial charge on any atom is 0.417 e. The zero-order chi connectivity index (χ0) is 24.7. The first kappa shape index (κ1) is 23.1. The van der Waals surface area contributed by atoms with Gasteiger partial charge in [-0.25, -0.2) is 24.3 Å². The average Bonchev–Trinajstić information content (AvgIpc) is 2.85. The van der Waals surface area contributed by atoms with Crippen molar-refractivity contribution in [3.05, 3.63) is 65.6 Å². The number of carbonyl (C=O) groups is 1.